The number of rotatable bonds is 10. The maximum atomic E-state index is 3.70. The van der Waals surface area contributed by atoms with Crippen molar-refractivity contribution in [3.8, 4) is 0 Å². The molecule has 0 aromatic carbocycles. The average molecular weight is 256 g/mol. The van der Waals surface area contributed by atoms with Crippen molar-refractivity contribution in [2.24, 2.45) is 11.8 Å². The summed E-state index contributed by atoms with van der Waals surface area (Å²) >= 11 is 0. The van der Waals surface area contributed by atoms with Crippen LogP contribution in [0.15, 0.2) is 0 Å². The molecule has 2 heteroatoms. The Hall–Kier alpha value is -0.0800. The Bertz CT molecular complexity index is 176. The molecule has 1 unspecified atom stereocenters. The van der Waals surface area contributed by atoms with E-state index in [0.717, 1.165) is 18.4 Å². The summed E-state index contributed by atoms with van der Waals surface area (Å²) in [5.41, 5.74) is 0. The summed E-state index contributed by atoms with van der Waals surface area (Å²) in [6.07, 6.45) is 2.47. The van der Waals surface area contributed by atoms with Crippen LogP contribution in [0, 0.1) is 11.8 Å². The van der Waals surface area contributed by atoms with Crippen molar-refractivity contribution in [3.05, 3.63) is 0 Å². The lowest BCUT2D eigenvalue weighted by atomic mass is 10.1. The molecule has 1 atom stereocenters. The van der Waals surface area contributed by atoms with Gasteiger partial charge in [-0.25, -0.2) is 0 Å². The lowest BCUT2D eigenvalue weighted by Crippen LogP contribution is -2.46. The molecule has 0 aromatic heterocycles. The van der Waals surface area contributed by atoms with Gasteiger partial charge >= 0.3 is 0 Å². The summed E-state index contributed by atoms with van der Waals surface area (Å²) in [7, 11) is 0. The van der Waals surface area contributed by atoms with E-state index in [2.05, 4.69) is 58.7 Å². The van der Waals surface area contributed by atoms with Gasteiger partial charge in [-0.05, 0) is 31.6 Å². The number of hydrogen-bond donors (Lipinski definition) is 1. The molecule has 0 amide bonds. The van der Waals surface area contributed by atoms with Gasteiger partial charge in [-0.15, -0.1) is 0 Å². The fourth-order valence-corrected chi connectivity index (χ4v) is 2.42. The zero-order valence-corrected chi connectivity index (χ0v) is 13.8. The van der Waals surface area contributed by atoms with Gasteiger partial charge in [0.2, 0.25) is 0 Å². The Labute approximate surface area is 116 Å². The molecule has 0 heterocycles. The van der Waals surface area contributed by atoms with Gasteiger partial charge in [0.1, 0.15) is 0 Å². The van der Waals surface area contributed by atoms with Gasteiger partial charge in [0, 0.05) is 31.7 Å². The number of nitrogens with one attached hydrogen (secondary N) is 1. The first kappa shape index (κ1) is 17.9. The Morgan fingerprint density at radius 1 is 0.833 bits per heavy atom. The molecule has 0 radical (unpaired) electrons. The highest BCUT2D eigenvalue weighted by Gasteiger charge is 2.17. The van der Waals surface area contributed by atoms with Crippen LogP contribution in [0.1, 0.15) is 61.3 Å². The van der Waals surface area contributed by atoms with E-state index in [9.17, 15) is 0 Å². The Morgan fingerprint density at radius 3 is 1.61 bits per heavy atom. The van der Waals surface area contributed by atoms with Crippen LogP contribution in [0.4, 0.5) is 0 Å². The molecular weight excluding hydrogens is 220 g/mol. The van der Waals surface area contributed by atoms with Crippen molar-refractivity contribution < 1.29 is 0 Å². The van der Waals surface area contributed by atoms with E-state index in [0.29, 0.717) is 12.1 Å². The van der Waals surface area contributed by atoms with Gasteiger partial charge < -0.3 is 5.32 Å². The summed E-state index contributed by atoms with van der Waals surface area (Å²) < 4.78 is 0. The maximum Gasteiger partial charge on any atom is 0.0192 e. The second-order valence-electron chi connectivity index (χ2n) is 6.51. The molecule has 110 valence electrons. The quantitative estimate of drug-likeness (QED) is 0.640. The summed E-state index contributed by atoms with van der Waals surface area (Å²) in [4.78, 5) is 2.64. The van der Waals surface area contributed by atoms with Gasteiger partial charge in [-0.3, -0.25) is 4.90 Å². The average Bonchev–Trinajstić information content (AvgIpc) is 2.28. The SMILES string of the molecule is CCC(CC)NCC(C)N(CC(C)C)CC(C)C. The van der Waals surface area contributed by atoms with Gasteiger partial charge in [0.15, 0.2) is 0 Å². The van der Waals surface area contributed by atoms with Crippen LogP contribution in [0.3, 0.4) is 0 Å². The van der Waals surface area contributed by atoms with Crippen molar-refractivity contribution in [3.63, 3.8) is 0 Å². The van der Waals surface area contributed by atoms with Gasteiger partial charge in [0.05, 0.1) is 0 Å². The summed E-state index contributed by atoms with van der Waals surface area (Å²) in [5, 5.41) is 3.70. The molecule has 1 N–H and O–H groups in total. The molecule has 0 fully saturated rings. The fraction of sp³-hybridized carbons (Fsp3) is 1.00. The third-order valence-electron chi connectivity index (χ3n) is 3.51. The summed E-state index contributed by atoms with van der Waals surface area (Å²) in [5.74, 6) is 1.50. The van der Waals surface area contributed by atoms with Crippen molar-refractivity contribution in [2.75, 3.05) is 19.6 Å². The van der Waals surface area contributed by atoms with E-state index in [1.165, 1.54) is 25.9 Å². The number of hydrogen-bond acceptors (Lipinski definition) is 2. The zero-order valence-electron chi connectivity index (χ0n) is 13.8. The molecule has 0 bridgehead atoms. The normalized spacial score (nSPS) is 14.2. The lowest BCUT2D eigenvalue weighted by Gasteiger charge is -2.33. The van der Waals surface area contributed by atoms with E-state index >= 15 is 0 Å². The Morgan fingerprint density at radius 2 is 1.28 bits per heavy atom. The van der Waals surface area contributed by atoms with Crippen LogP contribution >= 0.6 is 0 Å². The third-order valence-corrected chi connectivity index (χ3v) is 3.51. The standard InChI is InChI=1S/C16H36N2/c1-8-16(9-2)17-10-15(7)18(11-13(3)4)12-14(5)6/h13-17H,8-12H2,1-7H3. The van der Waals surface area contributed by atoms with Gasteiger partial charge in [0.25, 0.3) is 0 Å². The summed E-state index contributed by atoms with van der Waals surface area (Å²) in [6.45, 7) is 19.7. The van der Waals surface area contributed by atoms with E-state index < -0.39 is 0 Å². The van der Waals surface area contributed by atoms with Crippen LogP contribution < -0.4 is 5.32 Å². The van der Waals surface area contributed by atoms with E-state index in [1.54, 1.807) is 0 Å². The van der Waals surface area contributed by atoms with Crippen molar-refractivity contribution >= 4 is 0 Å². The second kappa shape index (κ2) is 9.80. The number of nitrogens with zero attached hydrogens (tertiary/aromatic N) is 1. The topological polar surface area (TPSA) is 15.3 Å². The molecule has 0 aromatic rings. The van der Waals surface area contributed by atoms with Crippen LogP contribution in [0.2, 0.25) is 0 Å². The van der Waals surface area contributed by atoms with Gasteiger partial charge in [-0.1, -0.05) is 41.5 Å². The van der Waals surface area contributed by atoms with E-state index in [-0.39, 0.29) is 0 Å². The second-order valence-corrected chi connectivity index (χ2v) is 6.51. The highest BCUT2D eigenvalue weighted by molar-refractivity contribution is 4.74. The molecule has 2 nitrogen and oxygen atoms in total. The van der Waals surface area contributed by atoms with Crippen LogP contribution in [-0.4, -0.2) is 36.6 Å². The lowest BCUT2D eigenvalue weighted by molar-refractivity contribution is 0.160. The van der Waals surface area contributed by atoms with Gasteiger partial charge in [-0.2, -0.15) is 0 Å². The predicted octanol–water partition coefficient (Wildman–Crippen LogP) is 3.77. The Balaban J connectivity index is 4.22. The molecule has 0 aliphatic rings. The molecule has 0 aliphatic heterocycles. The van der Waals surface area contributed by atoms with Crippen LogP contribution in [0.5, 0.6) is 0 Å². The molecule has 0 saturated heterocycles. The minimum atomic E-state index is 0.635. The van der Waals surface area contributed by atoms with Crippen molar-refractivity contribution in [1.82, 2.24) is 10.2 Å². The molecule has 0 saturated carbocycles. The smallest absolute Gasteiger partial charge is 0.0192 e. The monoisotopic (exact) mass is 256 g/mol. The first-order chi connectivity index (χ1) is 8.40. The first-order valence-electron chi connectivity index (χ1n) is 7.88. The zero-order chi connectivity index (χ0) is 14.1. The summed E-state index contributed by atoms with van der Waals surface area (Å²) in [6, 6.07) is 1.32. The molecule has 0 aliphatic carbocycles. The highest BCUT2D eigenvalue weighted by atomic mass is 15.2. The Kier molecular flexibility index (Phi) is 9.76. The molecular formula is C16H36N2. The highest BCUT2D eigenvalue weighted by Crippen LogP contribution is 2.08. The van der Waals surface area contributed by atoms with E-state index in [1.807, 2.05) is 0 Å². The third kappa shape index (κ3) is 8.10. The van der Waals surface area contributed by atoms with E-state index in [4.69, 9.17) is 0 Å². The predicted molar refractivity (Wildman–Crippen MR) is 83.1 cm³/mol. The molecule has 0 rings (SSSR count). The fourth-order valence-electron chi connectivity index (χ4n) is 2.42. The molecule has 0 spiro atoms. The minimum Gasteiger partial charge on any atom is -0.312 e. The van der Waals surface area contributed by atoms with Crippen LogP contribution in [0.25, 0.3) is 0 Å². The first-order valence-corrected chi connectivity index (χ1v) is 7.88. The van der Waals surface area contributed by atoms with Crippen molar-refractivity contribution in [1.29, 1.82) is 0 Å². The largest absolute Gasteiger partial charge is 0.312 e. The van der Waals surface area contributed by atoms with Crippen molar-refractivity contribution in [2.45, 2.75) is 73.4 Å². The minimum absolute atomic E-state index is 0.635. The van der Waals surface area contributed by atoms with Crippen LogP contribution in [-0.2, 0) is 0 Å². The maximum absolute atomic E-state index is 3.70. The molecule has 18 heavy (non-hydrogen) atoms.